The molecule has 1 saturated heterocycles. The molecule has 0 aromatic rings. The molecule has 1 aliphatic rings. The number of rotatable bonds is 2. The van der Waals surface area contributed by atoms with Gasteiger partial charge in [0, 0.05) is 0 Å². The van der Waals surface area contributed by atoms with Crippen LogP contribution in [-0.4, -0.2) is 15.3 Å². The molecule has 0 aromatic carbocycles. The van der Waals surface area contributed by atoms with Crippen LogP contribution in [0, 0.1) is 0 Å². The third kappa shape index (κ3) is 2.66. The predicted molar refractivity (Wildman–Crippen MR) is 40.9 cm³/mol. The second-order valence-corrected chi connectivity index (χ2v) is 4.93. The van der Waals surface area contributed by atoms with Crippen LogP contribution in [0.25, 0.3) is 0 Å². The van der Waals surface area contributed by atoms with Gasteiger partial charge in [0.15, 0.2) is 4.51 Å². The van der Waals surface area contributed by atoms with Gasteiger partial charge in [-0.25, -0.2) is 0 Å². The molecule has 0 radical (unpaired) electrons. The zero-order valence-electron chi connectivity index (χ0n) is 5.24. The number of alkyl halides is 4. The molecule has 6 heteroatoms. The number of hydrogen-bond acceptors (Lipinski definition) is 2. The van der Waals surface area contributed by atoms with Gasteiger partial charge in [0.25, 0.3) is 0 Å². The molecule has 0 aliphatic carbocycles. The average Bonchev–Trinajstić information content (AvgIpc) is 1.53. The Morgan fingerprint density at radius 3 is 2.45 bits per heavy atom. The van der Waals surface area contributed by atoms with Crippen LogP contribution in [0.5, 0.6) is 0 Å². The van der Waals surface area contributed by atoms with E-state index in [9.17, 15) is 13.6 Å². The van der Waals surface area contributed by atoms with E-state index in [4.69, 9.17) is 0 Å². The Kier molecular flexibility index (Phi) is 2.26. The molecule has 0 spiro atoms. The number of halogens is 4. The van der Waals surface area contributed by atoms with Gasteiger partial charge < -0.3 is 4.74 Å². The fourth-order valence-electron chi connectivity index (χ4n) is 0.809. The Morgan fingerprint density at radius 1 is 1.73 bits per heavy atom. The van der Waals surface area contributed by atoms with E-state index in [-0.39, 0.29) is 6.42 Å². The quantitative estimate of drug-likeness (QED) is 0.577. The Hall–Kier alpha value is 0.290. The van der Waals surface area contributed by atoms with E-state index >= 15 is 0 Å². The van der Waals surface area contributed by atoms with Crippen molar-refractivity contribution < 1.29 is 18.3 Å². The van der Waals surface area contributed by atoms with Crippen molar-refractivity contribution in [3.63, 3.8) is 0 Å². The summed E-state index contributed by atoms with van der Waals surface area (Å²) in [7, 11) is 0. The van der Waals surface area contributed by atoms with Gasteiger partial charge in [-0.15, -0.1) is 0 Å². The van der Waals surface area contributed by atoms with Crippen LogP contribution in [0.3, 0.4) is 0 Å². The SMILES string of the molecule is O=C1CC(Br)(CC(F)(F)Br)O1. The van der Waals surface area contributed by atoms with Crippen molar-refractivity contribution in [1.29, 1.82) is 0 Å². The van der Waals surface area contributed by atoms with Gasteiger partial charge in [0.1, 0.15) is 0 Å². The second-order valence-electron chi connectivity index (χ2n) is 2.33. The Balaban J connectivity index is 2.44. The number of cyclic esters (lactones) is 1. The molecule has 0 bridgehead atoms. The van der Waals surface area contributed by atoms with Crippen LogP contribution in [0.15, 0.2) is 0 Å². The lowest BCUT2D eigenvalue weighted by atomic mass is 10.1. The highest BCUT2D eigenvalue weighted by molar-refractivity contribution is 9.10. The molecule has 11 heavy (non-hydrogen) atoms. The summed E-state index contributed by atoms with van der Waals surface area (Å²) in [5.41, 5.74) is 0. The predicted octanol–water partition coefficient (Wildman–Crippen LogP) is 2.40. The summed E-state index contributed by atoms with van der Waals surface area (Å²) in [5.74, 6) is -0.460. The normalized spacial score (nSPS) is 31.1. The largest absolute Gasteiger partial charge is 0.446 e. The van der Waals surface area contributed by atoms with Crippen molar-refractivity contribution in [2.75, 3.05) is 0 Å². The van der Waals surface area contributed by atoms with Gasteiger partial charge in [-0.2, -0.15) is 8.78 Å². The lowest BCUT2D eigenvalue weighted by molar-refractivity contribution is -0.178. The molecule has 2 nitrogen and oxygen atoms in total. The van der Waals surface area contributed by atoms with Gasteiger partial charge in [0.2, 0.25) is 0 Å². The maximum atomic E-state index is 12.3. The van der Waals surface area contributed by atoms with E-state index in [2.05, 4.69) is 36.6 Å². The summed E-state index contributed by atoms with van der Waals surface area (Å²) in [6.07, 6.45) is -0.556. The second kappa shape index (κ2) is 2.65. The first-order chi connectivity index (χ1) is 4.81. The zero-order chi connectivity index (χ0) is 8.70. The Labute approximate surface area is 78.5 Å². The van der Waals surface area contributed by atoms with Crippen molar-refractivity contribution in [3.05, 3.63) is 0 Å². The van der Waals surface area contributed by atoms with Crippen molar-refractivity contribution in [1.82, 2.24) is 0 Å². The summed E-state index contributed by atoms with van der Waals surface area (Å²) in [4.78, 5) is 7.30. The topological polar surface area (TPSA) is 26.3 Å². The van der Waals surface area contributed by atoms with Gasteiger partial charge in [-0.05, 0) is 31.9 Å². The summed E-state index contributed by atoms with van der Waals surface area (Å²) in [6, 6.07) is 0. The molecule has 0 amide bonds. The molecule has 1 atom stereocenters. The highest BCUT2D eigenvalue weighted by atomic mass is 79.9. The van der Waals surface area contributed by atoms with Crippen molar-refractivity contribution in [3.8, 4) is 0 Å². The molecule has 1 fully saturated rings. The van der Waals surface area contributed by atoms with Crippen LogP contribution in [-0.2, 0) is 9.53 Å². The van der Waals surface area contributed by atoms with E-state index in [0.717, 1.165) is 0 Å². The van der Waals surface area contributed by atoms with Crippen molar-refractivity contribution in [2.24, 2.45) is 0 Å². The summed E-state index contributed by atoms with van der Waals surface area (Å²) < 4.78 is 27.8. The highest BCUT2D eigenvalue weighted by Gasteiger charge is 2.50. The summed E-state index contributed by atoms with van der Waals surface area (Å²) in [5, 5.41) is 0. The molecule has 0 saturated carbocycles. The van der Waals surface area contributed by atoms with Gasteiger partial charge in [0.05, 0.1) is 12.8 Å². The first-order valence-electron chi connectivity index (χ1n) is 2.78. The maximum Gasteiger partial charge on any atom is 0.312 e. The van der Waals surface area contributed by atoms with Gasteiger partial charge >= 0.3 is 10.8 Å². The number of carbonyl (C=O) groups is 1. The standard InChI is InChI=1S/C5H4Br2F2O2/c6-4(1-3(10)11-4)2-5(7,8)9/h1-2H2. The van der Waals surface area contributed by atoms with Crippen molar-refractivity contribution in [2.45, 2.75) is 22.2 Å². The monoisotopic (exact) mass is 292 g/mol. The summed E-state index contributed by atoms with van der Waals surface area (Å²) in [6.45, 7) is 0. The molecule has 1 unspecified atom stereocenters. The fourth-order valence-corrected chi connectivity index (χ4v) is 2.40. The molecule has 0 N–H and O–H groups in total. The lowest BCUT2D eigenvalue weighted by Gasteiger charge is -2.36. The molecule has 64 valence electrons. The smallest absolute Gasteiger partial charge is 0.312 e. The van der Waals surface area contributed by atoms with E-state index in [1.165, 1.54) is 0 Å². The van der Waals surface area contributed by atoms with E-state index in [1.54, 1.807) is 0 Å². The number of ether oxygens (including phenoxy) is 1. The number of carbonyl (C=O) groups excluding carboxylic acids is 1. The van der Waals surface area contributed by atoms with Crippen LogP contribution in [0.1, 0.15) is 12.8 Å². The molecule has 1 aliphatic heterocycles. The van der Waals surface area contributed by atoms with Crippen LogP contribution in [0.4, 0.5) is 8.78 Å². The van der Waals surface area contributed by atoms with Crippen molar-refractivity contribution >= 4 is 37.8 Å². The number of hydrogen-bond donors (Lipinski definition) is 0. The Morgan fingerprint density at radius 2 is 2.18 bits per heavy atom. The molecular weight excluding hydrogens is 290 g/mol. The van der Waals surface area contributed by atoms with Crippen LogP contribution in [0.2, 0.25) is 0 Å². The van der Waals surface area contributed by atoms with Crippen LogP contribution >= 0.6 is 31.9 Å². The number of esters is 1. The minimum atomic E-state index is -2.99. The zero-order valence-corrected chi connectivity index (χ0v) is 8.41. The summed E-state index contributed by atoms with van der Waals surface area (Å²) >= 11 is 5.05. The van der Waals surface area contributed by atoms with Gasteiger partial charge in [-0.3, -0.25) is 4.79 Å². The average molecular weight is 294 g/mol. The lowest BCUT2D eigenvalue weighted by Crippen LogP contribution is -2.44. The molecule has 1 rings (SSSR count). The fraction of sp³-hybridized carbons (Fsp3) is 0.800. The first kappa shape index (κ1) is 9.38. The van der Waals surface area contributed by atoms with Crippen LogP contribution < -0.4 is 0 Å². The first-order valence-corrected chi connectivity index (χ1v) is 4.37. The molecule has 0 aromatic heterocycles. The molecular formula is C5H4Br2F2O2. The minimum absolute atomic E-state index is 0.00576. The minimum Gasteiger partial charge on any atom is -0.446 e. The maximum absolute atomic E-state index is 12.3. The third-order valence-electron chi connectivity index (χ3n) is 1.17. The molecule has 1 heterocycles. The third-order valence-corrected chi connectivity index (χ3v) is 2.17. The van der Waals surface area contributed by atoms with Gasteiger partial charge in [-0.1, -0.05) is 0 Å². The van der Waals surface area contributed by atoms with E-state index in [1.807, 2.05) is 0 Å². The van der Waals surface area contributed by atoms with E-state index in [0.29, 0.717) is 0 Å². The van der Waals surface area contributed by atoms with E-state index < -0.39 is 21.7 Å². The highest BCUT2D eigenvalue weighted by Crippen LogP contribution is 2.44. The Bertz CT molecular complexity index is 181.